The molecule has 0 saturated carbocycles. The van der Waals surface area contributed by atoms with Crippen LogP contribution in [-0.4, -0.2) is 42.0 Å². The Morgan fingerprint density at radius 1 is 1.59 bits per heavy atom. The summed E-state index contributed by atoms with van der Waals surface area (Å²) in [4.78, 5) is 27.8. The van der Waals surface area contributed by atoms with Crippen LogP contribution >= 0.6 is 0 Å². The molecular weight excluding hydrogens is 224 g/mol. The number of ether oxygens (including phenoxy) is 1. The van der Waals surface area contributed by atoms with Gasteiger partial charge in [-0.1, -0.05) is 0 Å². The van der Waals surface area contributed by atoms with Gasteiger partial charge in [0.15, 0.2) is 0 Å². The van der Waals surface area contributed by atoms with Crippen LogP contribution in [0, 0.1) is 6.92 Å². The van der Waals surface area contributed by atoms with Crippen molar-refractivity contribution in [2.75, 3.05) is 20.2 Å². The van der Waals surface area contributed by atoms with E-state index in [1.807, 2.05) is 6.92 Å². The van der Waals surface area contributed by atoms with Crippen molar-refractivity contribution in [3.8, 4) is 0 Å². The van der Waals surface area contributed by atoms with Crippen LogP contribution in [0.3, 0.4) is 0 Å². The number of nitrogens with one attached hydrogen (secondary N) is 2. The highest BCUT2D eigenvalue weighted by molar-refractivity contribution is 5.81. The molecule has 0 spiro atoms. The van der Waals surface area contributed by atoms with Crippen molar-refractivity contribution >= 4 is 11.9 Å². The minimum atomic E-state index is -0.463. The fourth-order valence-electron chi connectivity index (χ4n) is 0.788. The molecule has 4 N–H and O–H groups in total. The van der Waals surface area contributed by atoms with E-state index in [1.165, 1.54) is 7.11 Å². The number of nitrogens with zero attached hydrogens (tertiary/aromatic N) is 1. The third kappa shape index (κ3) is 9.06. The molecule has 0 aliphatic carbocycles. The zero-order chi connectivity index (χ0) is 13.1. The van der Waals surface area contributed by atoms with Gasteiger partial charge in [-0.2, -0.15) is 0 Å². The number of aromatic amines is 1. The van der Waals surface area contributed by atoms with E-state index in [1.54, 1.807) is 12.5 Å². The number of H-pyrrole nitrogens is 1. The predicted molar refractivity (Wildman–Crippen MR) is 62.0 cm³/mol. The zero-order valence-electron chi connectivity index (χ0n) is 10.0. The monoisotopic (exact) mass is 242 g/mol. The number of aryl methyl sites for hydroxylation is 1. The van der Waals surface area contributed by atoms with Crippen molar-refractivity contribution in [3.05, 3.63) is 18.2 Å². The van der Waals surface area contributed by atoms with E-state index in [0.717, 1.165) is 5.69 Å². The topological polar surface area (TPSA) is 110 Å². The Labute approximate surface area is 99.7 Å². The van der Waals surface area contributed by atoms with Crippen molar-refractivity contribution < 1.29 is 14.3 Å². The largest absolute Gasteiger partial charge is 0.468 e. The standard InChI is InChI=1S/C6H12N2O3.C4H6N2/c1-11-6(10)4-8-5(9)2-3-7;1-4-2-5-3-6-4/h2-4,7H2,1H3,(H,8,9);2-3H,1H3,(H,5,6). The van der Waals surface area contributed by atoms with E-state index >= 15 is 0 Å². The number of hydrogen-bond acceptors (Lipinski definition) is 5. The Hall–Kier alpha value is -1.89. The van der Waals surface area contributed by atoms with Crippen LogP contribution in [0.15, 0.2) is 12.5 Å². The zero-order valence-corrected chi connectivity index (χ0v) is 10.0. The number of aromatic nitrogens is 2. The van der Waals surface area contributed by atoms with Gasteiger partial charge in [0.2, 0.25) is 5.91 Å². The summed E-state index contributed by atoms with van der Waals surface area (Å²) in [6.07, 6.45) is 3.67. The lowest BCUT2D eigenvalue weighted by molar-refractivity contribution is -0.141. The molecule has 0 bridgehead atoms. The van der Waals surface area contributed by atoms with E-state index in [-0.39, 0.29) is 25.4 Å². The fourth-order valence-corrected chi connectivity index (χ4v) is 0.788. The number of esters is 1. The van der Waals surface area contributed by atoms with E-state index in [0.29, 0.717) is 0 Å². The Bertz CT molecular complexity index is 324. The van der Waals surface area contributed by atoms with Crippen LogP contribution in [0.5, 0.6) is 0 Å². The SMILES string of the molecule is COC(=O)CNC(=O)CCN.Cc1cnc[nH]1. The summed E-state index contributed by atoms with van der Waals surface area (Å²) in [7, 11) is 1.26. The highest BCUT2D eigenvalue weighted by Crippen LogP contribution is 1.81. The molecule has 0 saturated heterocycles. The van der Waals surface area contributed by atoms with Crippen LogP contribution in [-0.2, 0) is 14.3 Å². The average molecular weight is 242 g/mol. The molecule has 0 aliphatic heterocycles. The summed E-state index contributed by atoms with van der Waals surface area (Å²) < 4.78 is 4.29. The molecule has 0 fully saturated rings. The minimum absolute atomic E-state index is 0.0880. The number of amides is 1. The first kappa shape index (κ1) is 15.1. The first-order valence-electron chi connectivity index (χ1n) is 5.08. The fraction of sp³-hybridized carbons (Fsp3) is 0.500. The minimum Gasteiger partial charge on any atom is -0.468 e. The van der Waals surface area contributed by atoms with E-state index < -0.39 is 5.97 Å². The third-order valence-corrected chi connectivity index (χ3v) is 1.66. The molecule has 1 aromatic rings. The first-order valence-corrected chi connectivity index (χ1v) is 5.08. The molecule has 0 aromatic carbocycles. The van der Waals surface area contributed by atoms with Gasteiger partial charge in [0.25, 0.3) is 0 Å². The number of nitrogens with two attached hydrogens (primary N) is 1. The van der Waals surface area contributed by atoms with Crippen molar-refractivity contribution in [1.29, 1.82) is 0 Å². The maximum absolute atomic E-state index is 10.7. The van der Waals surface area contributed by atoms with Gasteiger partial charge in [-0.25, -0.2) is 4.98 Å². The maximum Gasteiger partial charge on any atom is 0.325 e. The number of imidazole rings is 1. The van der Waals surface area contributed by atoms with Gasteiger partial charge < -0.3 is 20.8 Å². The second-order valence-electron chi connectivity index (χ2n) is 3.13. The summed E-state index contributed by atoms with van der Waals surface area (Å²) >= 11 is 0. The van der Waals surface area contributed by atoms with Crippen LogP contribution in [0.25, 0.3) is 0 Å². The first-order chi connectivity index (χ1) is 8.10. The van der Waals surface area contributed by atoms with Crippen molar-refractivity contribution in [3.63, 3.8) is 0 Å². The number of carbonyl (C=O) groups is 2. The second-order valence-corrected chi connectivity index (χ2v) is 3.13. The van der Waals surface area contributed by atoms with Crippen molar-refractivity contribution in [1.82, 2.24) is 15.3 Å². The molecule has 0 aliphatic rings. The Kier molecular flexibility index (Phi) is 8.31. The quantitative estimate of drug-likeness (QED) is 0.607. The molecular formula is C10H18N4O3. The molecule has 0 unspecified atom stereocenters. The maximum atomic E-state index is 10.7. The van der Waals surface area contributed by atoms with Gasteiger partial charge in [-0.05, 0) is 6.92 Å². The Morgan fingerprint density at radius 3 is 2.65 bits per heavy atom. The summed E-state index contributed by atoms with van der Waals surface area (Å²) in [6, 6.07) is 0. The molecule has 1 rings (SSSR count). The average Bonchev–Trinajstić information content (AvgIpc) is 2.78. The second kappa shape index (κ2) is 9.34. The van der Waals surface area contributed by atoms with Crippen LogP contribution < -0.4 is 11.1 Å². The smallest absolute Gasteiger partial charge is 0.325 e. The Balaban J connectivity index is 0.000000354. The number of rotatable bonds is 4. The lowest BCUT2D eigenvalue weighted by atomic mass is 10.4. The van der Waals surface area contributed by atoms with Gasteiger partial charge in [-0.15, -0.1) is 0 Å². The lowest BCUT2D eigenvalue weighted by Gasteiger charge is -2.01. The summed E-state index contributed by atoms with van der Waals surface area (Å²) in [6.45, 7) is 2.16. The van der Waals surface area contributed by atoms with E-state index in [4.69, 9.17) is 5.73 Å². The summed E-state index contributed by atoms with van der Waals surface area (Å²) in [5.74, 6) is -0.701. The van der Waals surface area contributed by atoms with E-state index in [2.05, 4.69) is 20.0 Å². The molecule has 0 radical (unpaired) electrons. The molecule has 1 amide bonds. The number of hydrogen-bond donors (Lipinski definition) is 3. The van der Waals surface area contributed by atoms with Gasteiger partial charge >= 0.3 is 5.97 Å². The lowest BCUT2D eigenvalue weighted by Crippen LogP contribution is -2.31. The van der Waals surface area contributed by atoms with Crippen LogP contribution in [0.4, 0.5) is 0 Å². The molecule has 1 aromatic heterocycles. The van der Waals surface area contributed by atoms with Gasteiger partial charge in [-0.3, -0.25) is 9.59 Å². The number of carbonyl (C=O) groups excluding carboxylic acids is 2. The van der Waals surface area contributed by atoms with Crippen LogP contribution in [0.1, 0.15) is 12.1 Å². The van der Waals surface area contributed by atoms with Crippen molar-refractivity contribution in [2.45, 2.75) is 13.3 Å². The molecule has 0 atom stereocenters. The predicted octanol–water partition coefficient (Wildman–Crippen LogP) is -0.657. The number of methoxy groups -OCH3 is 1. The van der Waals surface area contributed by atoms with Gasteiger partial charge in [0, 0.05) is 24.9 Å². The van der Waals surface area contributed by atoms with E-state index in [9.17, 15) is 9.59 Å². The molecule has 17 heavy (non-hydrogen) atoms. The van der Waals surface area contributed by atoms with Crippen LogP contribution in [0.2, 0.25) is 0 Å². The Morgan fingerprint density at radius 2 is 2.29 bits per heavy atom. The molecule has 7 nitrogen and oxygen atoms in total. The van der Waals surface area contributed by atoms with Gasteiger partial charge in [0.1, 0.15) is 6.54 Å². The summed E-state index contributed by atoms with van der Waals surface area (Å²) in [5.41, 5.74) is 6.20. The normalized spacial score (nSPS) is 8.88. The molecule has 7 heteroatoms. The summed E-state index contributed by atoms with van der Waals surface area (Å²) in [5, 5.41) is 2.34. The highest BCUT2D eigenvalue weighted by atomic mass is 16.5. The highest BCUT2D eigenvalue weighted by Gasteiger charge is 2.02. The molecule has 96 valence electrons. The molecule has 1 heterocycles. The third-order valence-electron chi connectivity index (χ3n) is 1.66. The van der Waals surface area contributed by atoms with Gasteiger partial charge in [0.05, 0.1) is 13.4 Å². The van der Waals surface area contributed by atoms with Crippen molar-refractivity contribution in [2.24, 2.45) is 5.73 Å².